The summed E-state index contributed by atoms with van der Waals surface area (Å²) in [6, 6.07) is 1.88. The molecule has 0 saturated carbocycles. The Hall–Kier alpha value is -1.18. The Kier molecular flexibility index (Phi) is 2.36. The van der Waals surface area contributed by atoms with E-state index in [2.05, 4.69) is 4.98 Å². The highest BCUT2D eigenvalue weighted by atomic mass is 16.1. The van der Waals surface area contributed by atoms with Gasteiger partial charge >= 0.3 is 0 Å². The van der Waals surface area contributed by atoms with E-state index in [1.165, 1.54) is 0 Å². The molecule has 2 nitrogen and oxygen atoms in total. The van der Waals surface area contributed by atoms with Gasteiger partial charge in [-0.15, -0.1) is 0 Å². The monoisotopic (exact) mass is 149 g/mol. The molecule has 58 valence electrons. The van der Waals surface area contributed by atoms with Crippen LogP contribution < -0.4 is 0 Å². The van der Waals surface area contributed by atoms with Gasteiger partial charge in [-0.3, -0.25) is 9.78 Å². The van der Waals surface area contributed by atoms with Crippen molar-refractivity contribution < 1.29 is 4.79 Å². The summed E-state index contributed by atoms with van der Waals surface area (Å²) in [5.41, 5.74) is 2.61. The summed E-state index contributed by atoms with van der Waals surface area (Å²) in [6.07, 6.45) is 3.58. The molecule has 0 aliphatic heterocycles. The molecule has 0 aromatic carbocycles. The van der Waals surface area contributed by atoms with E-state index in [0.29, 0.717) is 5.56 Å². The zero-order valence-corrected chi connectivity index (χ0v) is 6.79. The Morgan fingerprint density at radius 3 is 2.91 bits per heavy atom. The summed E-state index contributed by atoms with van der Waals surface area (Å²) >= 11 is 0. The third kappa shape index (κ3) is 1.64. The smallest absolute Gasteiger partial charge is 0.151 e. The van der Waals surface area contributed by atoms with E-state index in [1.807, 2.05) is 26.1 Å². The molecule has 0 unspecified atom stereocenters. The van der Waals surface area contributed by atoms with Crippen LogP contribution in [0.15, 0.2) is 12.3 Å². The minimum absolute atomic E-state index is 0.698. The molecule has 0 amide bonds. The van der Waals surface area contributed by atoms with Crippen LogP contribution in [0.1, 0.15) is 28.5 Å². The van der Waals surface area contributed by atoms with Crippen LogP contribution in [-0.4, -0.2) is 11.3 Å². The third-order valence-corrected chi connectivity index (χ3v) is 1.72. The molecule has 0 saturated heterocycles. The molecular formula is C9H11NO. The molecule has 0 radical (unpaired) electrons. The predicted octanol–water partition coefficient (Wildman–Crippen LogP) is 1.76. The Morgan fingerprint density at radius 2 is 2.36 bits per heavy atom. The quantitative estimate of drug-likeness (QED) is 0.600. The summed E-state index contributed by atoms with van der Waals surface area (Å²) in [7, 11) is 0. The van der Waals surface area contributed by atoms with Crippen molar-refractivity contribution in [3.63, 3.8) is 0 Å². The Labute approximate surface area is 66.3 Å². The molecule has 2 heteroatoms. The van der Waals surface area contributed by atoms with E-state index in [4.69, 9.17) is 0 Å². The first-order valence-corrected chi connectivity index (χ1v) is 3.68. The van der Waals surface area contributed by atoms with Crippen molar-refractivity contribution in [2.75, 3.05) is 0 Å². The summed E-state index contributed by atoms with van der Waals surface area (Å²) in [6.45, 7) is 3.88. The van der Waals surface area contributed by atoms with Gasteiger partial charge in [0, 0.05) is 17.5 Å². The SMILES string of the molecule is CCc1cnc(C)c(C=O)c1. The van der Waals surface area contributed by atoms with E-state index in [-0.39, 0.29) is 0 Å². The number of pyridine rings is 1. The second-order valence-corrected chi connectivity index (χ2v) is 2.49. The summed E-state index contributed by atoms with van der Waals surface area (Å²) in [5, 5.41) is 0. The minimum Gasteiger partial charge on any atom is -0.298 e. The van der Waals surface area contributed by atoms with Gasteiger partial charge in [0.2, 0.25) is 0 Å². The molecule has 1 heterocycles. The molecule has 0 bridgehead atoms. The van der Waals surface area contributed by atoms with Gasteiger partial charge in [0.05, 0.1) is 0 Å². The first-order valence-electron chi connectivity index (χ1n) is 3.68. The Balaban J connectivity index is 3.12. The Morgan fingerprint density at radius 1 is 1.64 bits per heavy atom. The zero-order chi connectivity index (χ0) is 8.27. The van der Waals surface area contributed by atoms with Crippen LogP contribution in [0, 0.1) is 6.92 Å². The fourth-order valence-corrected chi connectivity index (χ4v) is 0.908. The maximum absolute atomic E-state index is 10.5. The second kappa shape index (κ2) is 3.28. The summed E-state index contributed by atoms with van der Waals surface area (Å²) in [4.78, 5) is 14.5. The van der Waals surface area contributed by atoms with Gasteiger partial charge in [-0.1, -0.05) is 6.92 Å². The van der Waals surface area contributed by atoms with Crippen molar-refractivity contribution in [3.05, 3.63) is 29.1 Å². The number of rotatable bonds is 2. The average Bonchev–Trinajstić information content (AvgIpc) is 2.05. The number of carbonyl (C=O) groups excluding carboxylic acids is 1. The highest BCUT2D eigenvalue weighted by molar-refractivity contribution is 5.76. The molecule has 1 rings (SSSR count). The average molecular weight is 149 g/mol. The van der Waals surface area contributed by atoms with Crippen LogP contribution in [0.25, 0.3) is 0 Å². The molecule has 0 atom stereocenters. The number of nitrogens with zero attached hydrogens (tertiary/aromatic N) is 1. The number of hydrogen-bond acceptors (Lipinski definition) is 2. The molecule has 1 aromatic rings. The van der Waals surface area contributed by atoms with Crippen molar-refractivity contribution >= 4 is 6.29 Å². The van der Waals surface area contributed by atoms with E-state index in [9.17, 15) is 4.79 Å². The van der Waals surface area contributed by atoms with Crippen molar-refractivity contribution in [2.24, 2.45) is 0 Å². The lowest BCUT2D eigenvalue weighted by Gasteiger charge is -1.99. The van der Waals surface area contributed by atoms with Crippen LogP contribution in [0.3, 0.4) is 0 Å². The van der Waals surface area contributed by atoms with Crippen molar-refractivity contribution in [1.29, 1.82) is 0 Å². The van der Waals surface area contributed by atoms with E-state index < -0.39 is 0 Å². The highest BCUT2D eigenvalue weighted by Crippen LogP contribution is 2.05. The lowest BCUT2D eigenvalue weighted by atomic mass is 10.1. The van der Waals surface area contributed by atoms with Gasteiger partial charge in [0.25, 0.3) is 0 Å². The van der Waals surface area contributed by atoms with E-state index in [1.54, 1.807) is 0 Å². The lowest BCUT2D eigenvalue weighted by Crippen LogP contribution is -1.93. The molecule has 0 aliphatic carbocycles. The van der Waals surface area contributed by atoms with E-state index >= 15 is 0 Å². The topological polar surface area (TPSA) is 30.0 Å². The molecule has 0 aliphatic rings. The van der Waals surface area contributed by atoms with Gasteiger partial charge in [0.15, 0.2) is 6.29 Å². The van der Waals surface area contributed by atoms with Crippen LogP contribution >= 0.6 is 0 Å². The largest absolute Gasteiger partial charge is 0.298 e. The number of aryl methyl sites for hydroxylation is 2. The first kappa shape index (κ1) is 7.92. The van der Waals surface area contributed by atoms with Crippen molar-refractivity contribution in [2.45, 2.75) is 20.3 Å². The molecule has 1 aromatic heterocycles. The maximum Gasteiger partial charge on any atom is 0.151 e. The van der Waals surface area contributed by atoms with E-state index in [0.717, 1.165) is 24.0 Å². The van der Waals surface area contributed by atoms with Crippen LogP contribution in [0.2, 0.25) is 0 Å². The van der Waals surface area contributed by atoms with Crippen LogP contribution in [-0.2, 0) is 6.42 Å². The fraction of sp³-hybridized carbons (Fsp3) is 0.333. The minimum atomic E-state index is 0.698. The fourth-order valence-electron chi connectivity index (χ4n) is 0.908. The van der Waals surface area contributed by atoms with Crippen LogP contribution in [0.5, 0.6) is 0 Å². The van der Waals surface area contributed by atoms with Gasteiger partial charge in [-0.05, 0) is 25.0 Å². The zero-order valence-electron chi connectivity index (χ0n) is 6.79. The second-order valence-electron chi connectivity index (χ2n) is 2.49. The Bertz CT molecular complexity index is 268. The predicted molar refractivity (Wildman–Crippen MR) is 43.7 cm³/mol. The number of aldehydes is 1. The molecule has 11 heavy (non-hydrogen) atoms. The number of aromatic nitrogens is 1. The van der Waals surface area contributed by atoms with Crippen molar-refractivity contribution in [3.8, 4) is 0 Å². The van der Waals surface area contributed by atoms with Crippen LogP contribution in [0.4, 0.5) is 0 Å². The number of carbonyl (C=O) groups is 1. The molecule has 0 N–H and O–H groups in total. The molecule has 0 fully saturated rings. The molecule has 0 spiro atoms. The highest BCUT2D eigenvalue weighted by Gasteiger charge is 1.97. The van der Waals surface area contributed by atoms with Gasteiger partial charge in [-0.25, -0.2) is 0 Å². The van der Waals surface area contributed by atoms with Gasteiger partial charge in [0.1, 0.15) is 0 Å². The van der Waals surface area contributed by atoms with Gasteiger partial charge < -0.3 is 0 Å². The van der Waals surface area contributed by atoms with Crippen molar-refractivity contribution in [1.82, 2.24) is 4.98 Å². The normalized spacial score (nSPS) is 9.64. The maximum atomic E-state index is 10.5. The first-order chi connectivity index (χ1) is 5.27. The summed E-state index contributed by atoms with van der Waals surface area (Å²) in [5.74, 6) is 0. The number of hydrogen-bond donors (Lipinski definition) is 0. The summed E-state index contributed by atoms with van der Waals surface area (Å²) < 4.78 is 0. The standard InChI is InChI=1S/C9H11NO/c1-3-8-4-9(6-11)7(2)10-5-8/h4-6H,3H2,1-2H3. The van der Waals surface area contributed by atoms with Gasteiger partial charge in [-0.2, -0.15) is 0 Å². The third-order valence-electron chi connectivity index (χ3n) is 1.72. The lowest BCUT2D eigenvalue weighted by molar-refractivity contribution is 0.112. The molecular weight excluding hydrogens is 138 g/mol.